The summed E-state index contributed by atoms with van der Waals surface area (Å²) in [6.45, 7) is 4.54. The molecule has 40 heavy (non-hydrogen) atoms. The standard InChI is InChI=1S/C38H52N2/c1-3-5-7-9-11-13-15-17-19-21-25-35-29-31-37(39-33-35)27-23-24-28-38-32-30-36(34-40-38)26-22-20-18-16-14-12-10-8-6-4-2/h21-22,25-26,29-34H,3-20H2,1-2H3/b25-21+,26-22+. The number of aromatic nitrogens is 2. The van der Waals surface area contributed by atoms with Crippen molar-refractivity contribution < 1.29 is 0 Å². The highest BCUT2D eigenvalue weighted by atomic mass is 14.7. The van der Waals surface area contributed by atoms with Crippen LogP contribution >= 0.6 is 0 Å². The Bertz CT molecular complexity index is 979. The Morgan fingerprint density at radius 1 is 0.500 bits per heavy atom. The fourth-order valence-corrected chi connectivity index (χ4v) is 4.58. The molecule has 0 spiro atoms. The second kappa shape index (κ2) is 23.8. The molecule has 2 rings (SSSR count). The van der Waals surface area contributed by atoms with Gasteiger partial charge in [0.05, 0.1) is 0 Å². The smallest absolute Gasteiger partial charge is 0.114 e. The van der Waals surface area contributed by atoms with E-state index in [0.717, 1.165) is 35.4 Å². The number of hydrogen-bond acceptors (Lipinski definition) is 2. The van der Waals surface area contributed by atoms with Gasteiger partial charge >= 0.3 is 0 Å². The molecule has 2 heteroatoms. The van der Waals surface area contributed by atoms with Crippen molar-refractivity contribution in [1.29, 1.82) is 0 Å². The highest BCUT2D eigenvalue weighted by Crippen LogP contribution is 2.12. The summed E-state index contributed by atoms with van der Waals surface area (Å²) < 4.78 is 0. The van der Waals surface area contributed by atoms with Gasteiger partial charge in [-0.1, -0.05) is 140 Å². The molecule has 0 aliphatic rings. The van der Waals surface area contributed by atoms with Gasteiger partial charge < -0.3 is 0 Å². The van der Waals surface area contributed by atoms with Gasteiger partial charge in [0, 0.05) is 12.4 Å². The molecule has 2 nitrogen and oxygen atoms in total. The van der Waals surface area contributed by atoms with Crippen LogP contribution in [0.4, 0.5) is 0 Å². The van der Waals surface area contributed by atoms with Crippen molar-refractivity contribution in [3.8, 4) is 23.7 Å². The van der Waals surface area contributed by atoms with Gasteiger partial charge in [0.25, 0.3) is 0 Å². The summed E-state index contributed by atoms with van der Waals surface area (Å²) in [5.74, 6) is 11.8. The lowest BCUT2D eigenvalue weighted by Crippen LogP contribution is -1.83. The summed E-state index contributed by atoms with van der Waals surface area (Å²) in [5, 5.41) is 0. The molecule has 0 bridgehead atoms. The first-order valence-corrected chi connectivity index (χ1v) is 16.1. The summed E-state index contributed by atoms with van der Waals surface area (Å²) in [6.07, 6.45) is 36.6. The van der Waals surface area contributed by atoms with Gasteiger partial charge in [-0.05, 0) is 72.6 Å². The molecule has 2 heterocycles. The van der Waals surface area contributed by atoms with Gasteiger partial charge in [0.1, 0.15) is 11.4 Å². The van der Waals surface area contributed by atoms with Crippen LogP contribution < -0.4 is 0 Å². The van der Waals surface area contributed by atoms with Crippen LogP contribution in [0.5, 0.6) is 0 Å². The zero-order valence-electron chi connectivity index (χ0n) is 25.4. The average Bonchev–Trinajstić information content (AvgIpc) is 2.98. The van der Waals surface area contributed by atoms with Crippen molar-refractivity contribution in [2.24, 2.45) is 0 Å². The molecular weight excluding hydrogens is 484 g/mol. The van der Waals surface area contributed by atoms with Crippen molar-refractivity contribution in [2.45, 2.75) is 129 Å². The number of rotatable bonds is 20. The van der Waals surface area contributed by atoms with E-state index in [9.17, 15) is 0 Å². The lowest BCUT2D eigenvalue weighted by Gasteiger charge is -2.00. The van der Waals surface area contributed by atoms with E-state index in [1.54, 1.807) is 0 Å². The van der Waals surface area contributed by atoms with Crippen LogP contribution in [-0.2, 0) is 0 Å². The molecule has 0 unspecified atom stereocenters. The largest absolute Gasteiger partial charge is 0.247 e. The van der Waals surface area contributed by atoms with Crippen molar-refractivity contribution in [3.63, 3.8) is 0 Å². The third kappa shape index (κ3) is 17.5. The molecule has 0 fully saturated rings. The number of unbranched alkanes of at least 4 members (excludes halogenated alkanes) is 16. The monoisotopic (exact) mass is 536 g/mol. The molecule has 0 aromatic carbocycles. The average molecular weight is 537 g/mol. The Labute approximate surface area is 246 Å². The maximum Gasteiger partial charge on any atom is 0.114 e. The molecule has 0 amide bonds. The molecule has 0 radical (unpaired) electrons. The van der Waals surface area contributed by atoms with E-state index >= 15 is 0 Å². The normalized spacial score (nSPS) is 10.9. The SMILES string of the molecule is CCCCCCCCCC/C=C/c1ccc(C#CC#Cc2ccc(/C=C/CCCCCCCCCC)cn2)nc1. The molecule has 0 saturated heterocycles. The first-order chi connectivity index (χ1) is 19.8. The van der Waals surface area contributed by atoms with Crippen LogP contribution in [0, 0.1) is 23.7 Å². The van der Waals surface area contributed by atoms with Crippen molar-refractivity contribution in [3.05, 3.63) is 71.3 Å². The van der Waals surface area contributed by atoms with Gasteiger partial charge in [0.15, 0.2) is 0 Å². The Balaban J connectivity index is 1.62. The van der Waals surface area contributed by atoms with Gasteiger partial charge in [-0.25, -0.2) is 9.97 Å². The van der Waals surface area contributed by atoms with Crippen LogP contribution in [0.1, 0.15) is 152 Å². The molecule has 0 atom stereocenters. The van der Waals surface area contributed by atoms with E-state index in [-0.39, 0.29) is 0 Å². The van der Waals surface area contributed by atoms with E-state index in [1.807, 2.05) is 24.5 Å². The number of allylic oxidation sites excluding steroid dienone is 2. The predicted molar refractivity (Wildman–Crippen MR) is 175 cm³/mol. The second-order valence-corrected chi connectivity index (χ2v) is 10.8. The van der Waals surface area contributed by atoms with Crippen molar-refractivity contribution >= 4 is 12.2 Å². The highest BCUT2D eigenvalue weighted by molar-refractivity contribution is 5.50. The lowest BCUT2D eigenvalue weighted by atomic mass is 10.1. The number of pyridine rings is 2. The van der Waals surface area contributed by atoms with Crippen LogP contribution in [0.15, 0.2) is 48.8 Å². The highest BCUT2D eigenvalue weighted by Gasteiger charge is 1.94. The molecule has 0 aliphatic carbocycles. The summed E-state index contributed by atoms with van der Waals surface area (Å²) in [4.78, 5) is 8.90. The number of hydrogen-bond donors (Lipinski definition) is 0. The van der Waals surface area contributed by atoms with E-state index in [2.05, 4.69) is 83.9 Å². The quantitative estimate of drug-likeness (QED) is 0.124. The van der Waals surface area contributed by atoms with E-state index in [1.165, 1.54) is 103 Å². The molecule has 2 aromatic heterocycles. The zero-order chi connectivity index (χ0) is 28.4. The first-order valence-electron chi connectivity index (χ1n) is 16.1. The van der Waals surface area contributed by atoms with Gasteiger partial charge in [0.2, 0.25) is 0 Å². The molecule has 2 aromatic rings. The molecule has 0 N–H and O–H groups in total. The molecule has 0 saturated carbocycles. The lowest BCUT2D eigenvalue weighted by molar-refractivity contribution is 0.578. The zero-order valence-corrected chi connectivity index (χ0v) is 25.4. The van der Waals surface area contributed by atoms with Crippen molar-refractivity contribution in [2.75, 3.05) is 0 Å². The Morgan fingerprint density at radius 3 is 1.23 bits per heavy atom. The third-order valence-electron chi connectivity index (χ3n) is 7.09. The second-order valence-electron chi connectivity index (χ2n) is 10.8. The Hall–Kier alpha value is -3.10. The van der Waals surface area contributed by atoms with Crippen LogP contribution in [0.2, 0.25) is 0 Å². The minimum absolute atomic E-state index is 0.736. The third-order valence-corrected chi connectivity index (χ3v) is 7.09. The molecule has 0 aliphatic heterocycles. The number of nitrogens with zero attached hydrogens (tertiary/aromatic N) is 2. The van der Waals surface area contributed by atoms with E-state index in [0.29, 0.717) is 0 Å². The summed E-state index contributed by atoms with van der Waals surface area (Å²) in [7, 11) is 0. The fourth-order valence-electron chi connectivity index (χ4n) is 4.58. The van der Waals surface area contributed by atoms with Crippen molar-refractivity contribution in [1.82, 2.24) is 9.97 Å². The molecule has 214 valence electrons. The van der Waals surface area contributed by atoms with Gasteiger partial charge in [-0.2, -0.15) is 0 Å². The van der Waals surface area contributed by atoms with Crippen LogP contribution in [-0.4, -0.2) is 9.97 Å². The van der Waals surface area contributed by atoms with Gasteiger partial charge in [-0.15, -0.1) is 0 Å². The van der Waals surface area contributed by atoms with E-state index < -0.39 is 0 Å². The maximum atomic E-state index is 4.45. The topological polar surface area (TPSA) is 25.8 Å². The molecular formula is C38H52N2. The van der Waals surface area contributed by atoms with Gasteiger partial charge in [-0.3, -0.25) is 0 Å². The maximum absolute atomic E-state index is 4.45. The van der Waals surface area contributed by atoms with E-state index in [4.69, 9.17) is 0 Å². The summed E-state index contributed by atoms with van der Waals surface area (Å²) >= 11 is 0. The minimum Gasteiger partial charge on any atom is -0.247 e. The predicted octanol–water partition coefficient (Wildman–Crippen LogP) is 11.0. The Kier molecular flexibility index (Phi) is 19.7. The Morgan fingerprint density at radius 2 is 0.875 bits per heavy atom. The summed E-state index contributed by atoms with van der Waals surface area (Å²) in [5.41, 5.74) is 3.71. The first kappa shape index (κ1) is 33.1. The van der Waals surface area contributed by atoms with Crippen LogP contribution in [0.25, 0.3) is 12.2 Å². The summed E-state index contributed by atoms with van der Waals surface area (Å²) in [6, 6.07) is 8.05. The fraction of sp³-hybridized carbons (Fsp3) is 0.526. The van der Waals surface area contributed by atoms with Crippen LogP contribution in [0.3, 0.4) is 0 Å². The minimum atomic E-state index is 0.736.